The lowest BCUT2D eigenvalue weighted by molar-refractivity contribution is 0.631. The molecule has 0 aliphatic carbocycles. The Balaban J connectivity index is 1.09. The number of hydrogen-bond acceptors (Lipinski definition) is 2. The summed E-state index contributed by atoms with van der Waals surface area (Å²) < 4.78 is 96.1. The minimum atomic E-state index is -0.458. The van der Waals surface area contributed by atoms with E-state index in [0.29, 0.717) is 27.7 Å². The van der Waals surface area contributed by atoms with Gasteiger partial charge in [-0.25, -0.2) is 0 Å². The Morgan fingerprint density at radius 2 is 0.854 bits per heavy atom. The zero-order valence-corrected chi connectivity index (χ0v) is 25.2. The first kappa shape index (κ1) is 18.7. The van der Waals surface area contributed by atoms with Crippen LogP contribution in [0.5, 0.6) is 0 Å². The van der Waals surface area contributed by atoms with Gasteiger partial charge >= 0.3 is 0 Å². The topological polar surface area (TPSA) is 26.3 Å². The van der Waals surface area contributed by atoms with Crippen molar-refractivity contribution in [1.82, 2.24) is 0 Å². The second-order valence-corrected chi connectivity index (χ2v) is 11.7. The van der Waals surface area contributed by atoms with Crippen LogP contribution in [0.15, 0.2) is 178 Å². The van der Waals surface area contributed by atoms with Gasteiger partial charge in [-0.05, 0) is 97.4 Å². The summed E-state index contributed by atoms with van der Waals surface area (Å²) in [6.07, 6.45) is 0. The van der Waals surface area contributed by atoms with E-state index in [9.17, 15) is 0 Å². The number of hydrogen-bond donors (Lipinski definition) is 0. The number of fused-ring (bicyclic) bond motifs is 6. The van der Waals surface area contributed by atoms with Gasteiger partial charge in [0.05, 0.1) is 13.7 Å². The molecule has 2 heterocycles. The Morgan fingerprint density at radius 3 is 1.48 bits per heavy atom. The van der Waals surface area contributed by atoms with Crippen molar-refractivity contribution < 1.29 is 22.5 Å². The van der Waals surface area contributed by atoms with Gasteiger partial charge in [0.15, 0.2) is 0 Å². The van der Waals surface area contributed by atoms with Crippen LogP contribution < -0.4 is 0 Å². The minimum absolute atomic E-state index is 0.0118. The van der Waals surface area contributed by atoms with Gasteiger partial charge in [-0.2, -0.15) is 0 Å². The first-order valence-electron chi connectivity index (χ1n) is 20.5. The summed E-state index contributed by atoms with van der Waals surface area (Å²) in [5.41, 5.74) is 6.23. The van der Waals surface area contributed by atoms with Crippen molar-refractivity contribution in [2.24, 2.45) is 0 Å². The summed E-state index contributed by atoms with van der Waals surface area (Å²) in [6.45, 7) is 0. The lowest BCUT2D eigenvalue weighted by atomic mass is 9.86. The molecule has 0 radical (unpaired) electrons. The second kappa shape index (κ2) is 10.6. The van der Waals surface area contributed by atoms with Crippen molar-refractivity contribution in [1.29, 1.82) is 0 Å². The lowest BCUT2D eigenvalue weighted by Gasteiger charge is -2.17. The molecule has 0 aliphatic rings. The molecular weight excluding hydrogens is 585 g/mol. The molecule has 0 saturated heterocycles. The van der Waals surface area contributed by atoms with Gasteiger partial charge in [0, 0.05) is 21.7 Å². The summed E-state index contributed by atoms with van der Waals surface area (Å²) in [4.78, 5) is 0. The monoisotopic (exact) mass is 622 g/mol. The quantitative estimate of drug-likeness (QED) is 0.183. The molecule has 0 N–H and O–H groups in total. The van der Waals surface area contributed by atoms with Gasteiger partial charge in [0.25, 0.3) is 0 Å². The van der Waals surface area contributed by atoms with Crippen molar-refractivity contribution in [2.75, 3.05) is 0 Å². The zero-order chi connectivity index (χ0) is 40.3. The summed E-state index contributed by atoms with van der Waals surface area (Å²) in [5.74, 6) is 0.192. The molecule has 0 saturated carbocycles. The standard InChI is InChI=1S/C46H28O2/c1-3-11-29(12-4-1)42-28-34-25-31(21-24-41(34)47-42)32-19-22-35-36-23-20-33(27-44(36)48-43(35)26-32)46-39-17-9-7-15-37(39)45(30-13-5-2-6-14-30)38-16-8-10-18-40(38)46/h1-28H/i1D,2D,3D,4D,5D,6D,11D,12D,13D,14D. The fourth-order valence-corrected chi connectivity index (χ4v) is 6.92. The first-order chi connectivity index (χ1) is 27.9. The molecule has 0 bridgehead atoms. The summed E-state index contributed by atoms with van der Waals surface area (Å²) in [5, 5.41) is 5.84. The fourth-order valence-electron chi connectivity index (χ4n) is 6.92. The number of rotatable bonds is 4. The molecule has 0 amide bonds. The molecule has 0 aliphatic heterocycles. The third kappa shape index (κ3) is 4.20. The van der Waals surface area contributed by atoms with Crippen molar-refractivity contribution in [2.45, 2.75) is 0 Å². The van der Waals surface area contributed by atoms with Gasteiger partial charge in [-0.15, -0.1) is 0 Å². The Morgan fingerprint density at radius 1 is 0.354 bits per heavy atom. The SMILES string of the molecule is [2H]c1c([2H])c([2H])c(-c2cc3cc(-c4ccc5c(c4)oc4cc(-c6c7ccccc7c(-c7c([2H])c([2H])c([2H])c([2H])c7[2H])c7ccccc67)ccc45)ccc3o2)c([2H])c1[2H]. The molecule has 2 nitrogen and oxygen atoms in total. The van der Waals surface area contributed by atoms with E-state index in [0.717, 1.165) is 54.6 Å². The molecule has 48 heavy (non-hydrogen) atoms. The van der Waals surface area contributed by atoms with Crippen LogP contribution in [0.2, 0.25) is 0 Å². The fraction of sp³-hybridized carbons (Fsp3) is 0. The summed E-state index contributed by atoms with van der Waals surface area (Å²) in [7, 11) is 0. The highest BCUT2D eigenvalue weighted by Crippen LogP contribution is 2.45. The van der Waals surface area contributed by atoms with Crippen molar-refractivity contribution in [3.63, 3.8) is 0 Å². The highest BCUT2D eigenvalue weighted by Gasteiger charge is 2.18. The van der Waals surface area contributed by atoms with E-state index in [2.05, 4.69) is 6.07 Å². The third-order valence-corrected chi connectivity index (χ3v) is 9.04. The van der Waals surface area contributed by atoms with E-state index in [-0.39, 0.29) is 53.1 Å². The summed E-state index contributed by atoms with van der Waals surface area (Å²) >= 11 is 0. The number of benzene rings is 8. The van der Waals surface area contributed by atoms with Crippen molar-refractivity contribution >= 4 is 54.5 Å². The summed E-state index contributed by atoms with van der Waals surface area (Å²) in [6, 6.07) is 31.3. The predicted molar refractivity (Wildman–Crippen MR) is 200 cm³/mol. The molecule has 0 spiro atoms. The minimum Gasteiger partial charge on any atom is -0.456 e. The normalized spacial score (nSPS) is 14.7. The van der Waals surface area contributed by atoms with Gasteiger partial charge in [-0.1, -0.05) is 127 Å². The van der Waals surface area contributed by atoms with Crippen LogP contribution in [0.25, 0.3) is 99.2 Å². The van der Waals surface area contributed by atoms with Crippen LogP contribution in [-0.4, -0.2) is 0 Å². The van der Waals surface area contributed by atoms with Gasteiger partial charge in [0.1, 0.15) is 22.5 Å². The predicted octanol–water partition coefficient (Wildman–Crippen LogP) is 13.3. The van der Waals surface area contributed by atoms with Crippen LogP contribution in [0.1, 0.15) is 13.7 Å². The molecule has 10 aromatic rings. The molecule has 2 heteroatoms. The van der Waals surface area contributed by atoms with Gasteiger partial charge < -0.3 is 8.83 Å². The molecule has 8 aromatic carbocycles. The Bertz CT molecular complexity index is 3300. The van der Waals surface area contributed by atoms with Gasteiger partial charge in [0.2, 0.25) is 0 Å². The maximum Gasteiger partial charge on any atom is 0.136 e. The smallest absolute Gasteiger partial charge is 0.136 e. The van der Waals surface area contributed by atoms with Gasteiger partial charge in [-0.3, -0.25) is 0 Å². The third-order valence-electron chi connectivity index (χ3n) is 9.04. The average molecular weight is 623 g/mol. The molecule has 0 atom stereocenters. The van der Waals surface area contributed by atoms with E-state index in [1.54, 1.807) is 12.1 Å². The van der Waals surface area contributed by atoms with Crippen molar-refractivity contribution in [3.05, 3.63) is 170 Å². The average Bonchev–Trinajstić information content (AvgIpc) is 3.83. The van der Waals surface area contributed by atoms with E-state index in [1.165, 1.54) is 0 Å². The lowest BCUT2D eigenvalue weighted by Crippen LogP contribution is -1.90. The van der Waals surface area contributed by atoms with Crippen LogP contribution in [0.3, 0.4) is 0 Å². The van der Waals surface area contributed by atoms with E-state index >= 15 is 0 Å². The van der Waals surface area contributed by atoms with Crippen LogP contribution in [0.4, 0.5) is 0 Å². The highest BCUT2D eigenvalue weighted by molar-refractivity contribution is 6.22. The van der Waals surface area contributed by atoms with E-state index in [1.807, 2.05) is 91.0 Å². The molecule has 2 aromatic heterocycles. The van der Waals surface area contributed by atoms with Crippen LogP contribution in [0, 0.1) is 0 Å². The second-order valence-electron chi connectivity index (χ2n) is 11.7. The van der Waals surface area contributed by atoms with Crippen molar-refractivity contribution in [3.8, 4) is 44.7 Å². The molecular formula is C46H28O2. The molecule has 0 fully saturated rings. The Labute approximate surface area is 291 Å². The number of furan rings is 2. The Kier molecular flexibility index (Phi) is 4.12. The van der Waals surface area contributed by atoms with E-state index in [4.69, 9.17) is 22.5 Å². The largest absolute Gasteiger partial charge is 0.456 e. The molecule has 0 unspecified atom stereocenters. The van der Waals surface area contributed by atoms with Crippen LogP contribution in [-0.2, 0) is 0 Å². The molecule has 10 rings (SSSR count). The zero-order valence-electron chi connectivity index (χ0n) is 35.2. The Hall–Kier alpha value is -6.38. The van der Waals surface area contributed by atoms with Crippen LogP contribution >= 0.6 is 0 Å². The van der Waals surface area contributed by atoms with E-state index < -0.39 is 24.2 Å². The molecule has 224 valence electrons. The first-order valence-corrected chi connectivity index (χ1v) is 15.5. The highest BCUT2D eigenvalue weighted by atomic mass is 16.3. The maximum atomic E-state index is 8.84. The maximum absolute atomic E-state index is 8.84.